The highest BCUT2D eigenvalue weighted by Crippen LogP contribution is 2.25. The fraction of sp³-hybridized carbons (Fsp3) is 0.273. The largest absolute Gasteiger partial charge is 0.351 e. The number of amides is 1. The van der Waals surface area contributed by atoms with Crippen LogP contribution in [0, 0.1) is 0 Å². The summed E-state index contributed by atoms with van der Waals surface area (Å²) < 4.78 is 25.0. The number of carbonyl (C=O) groups is 1. The Morgan fingerprint density at radius 1 is 1.10 bits per heavy atom. The third kappa shape index (κ3) is 5.12. The van der Waals surface area contributed by atoms with E-state index in [0.717, 1.165) is 22.5 Å². The van der Waals surface area contributed by atoms with Crippen LogP contribution in [0.25, 0.3) is 16.9 Å². The zero-order valence-corrected chi connectivity index (χ0v) is 18.0. The Balaban J connectivity index is 1.45. The zero-order valence-electron chi connectivity index (χ0n) is 16.4. The summed E-state index contributed by atoms with van der Waals surface area (Å²) in [5.74, 6) is 0.558. The minimum absolute atomic E-state index is 0.0152. The molecule has 0 spiro atoms. The van der Waals surface area contributed by atoms with E-state index in [4.69, 9.17) is 5.10 Å². The Labute approximate surface area is 180 Å². The highest BCUT2D eigenvalue weighted by Gasteiger charge is 2.28. The molecule has 1 fully saturated rings. The second-order valence-electron chi connectivity index (χ2n) is 7.26. The first-order valence-electron chi connectivity index (χ1n) is 9.78. The molecular weight excluding hydrogens is 418 g/mol. The van der Waals surface area contributed by atoms with Crippen molar-refractivity contribution in [1.29, 1.82) is 0 Å². The SMILES string of the molecule is O=C(CSC1CCS(=O)(=O)C1)NCc1cn(-c2ccccc2)nc1-c1ccccc1. The van der Waals surface area contributed by atoms with Crippen molar-refractivity contribution in [3.8, 4) is 16.9 Å². The maximum Gasteiger partial charge on any atom is 0.230 e. The van der Waals surface area contributed by atoms with Crippen LogP contribution in [0.2, 0.25) is 0 Å². The fourth-order valence-corrected chi connectivity index (χ4v) is 6.90. The van der Waals surface area contributed by atoms with E-state index < -0.39 is 9.84 Å². The Kier molecular flexibility index (Phi) is 6.24. The predicted octanol–water partition coefficient (Wildman–Crippen LogP) is 3.08. The number of carbonyl (C=O) groups excluding carboxylic acids is 1. The lowest BCUT2D eigenvalue weighted by molar-refractivity contribution is -0.118. The van der Waals surface area contributed by atoms with Gasteiger partial charge in [0.15, 0.2) is 9.84 Å². The van der Waals surface area contributed by atoms with Gasteiger partial charge >= 0.3 is 0 Å². The van der Waals surface area contributed by atoms with Gasteiger partial charge < -0.3 is 5.32 Å². The summed E-state index contributed by atoms with van der Waals surface area (Å²) in [6.45, 7) is 0.361. The molecule has 1 unspecified atom stereocenters. The smallest absolute Gasteiger partial charge is 0.230 e. The molecule has 1 saturated heterocycles. The number of hydrogen-bond donors (Lipinski definition) is 1. The first kappa shape index (κ1) is 20.7. The number of benzene rings is 2. The van der Waals surface area contributed by atoms with Crippen molar-refractivity contribution in [2.24, 2.45) is 0 Å². The Morgan fingerprint density at radius 2 is 1.80 bits per heavy atom. The van der Waals surface area contributed by atoms with Crippen molar-refractivity contribution >= 4 is 27.5 Å². The van der Waals surface area contributed by atoms with Crippen LogP contribution in [0.3, 0.4) is 0 Å². The second kappa shape index (κ2) is 9.06. The highest BCUT2D eigenvalue weighted by molar-refractivity contribution is 8.02. The second-order valence-corrected chi connectivity index (χ2v) is 10.8. The van der Waals surface area contributed by atoms with E-state index in [1.165, 1.54) is 11.8 Å². The van der Waals surface area contributed by atoms with E-state index in [1.807, 2.05) is 71.5 Å². The van der Waals surface area contributed by atoms with Crippen molar-refractivity contribution in [2.45, 2.75) is 18.2 Å². The number of nitrogens with one attached hydrogen (secondary N) is 1. The number of hydrogen-bond acceptors (Lipinski definition) is 5. The van der Waals surface area contributed by atoms with Crippen LogP contribution in [0.15, 0.2) is 66.9 Å². The maximum atomic E-state index is 12.4. The highest BCUT2D eigenvalue weighted by atomic mass is 32.2. The minimum Gasteiger partial charge on any atom is -0.351 e. The lowest BCUT2D eigenvalue weighted by Gasteiger charge is -2.08. The lowest BCUT2D eigenvalue weighted by Crippen LogP contribution is -2.25. The standard InChI is InChI=1S/C22H23N3O3S2/c26-21(15-29-20-11-12-30(27,28)16-20)23-13-18-14-25(19-9-5-2-6-10-19)24-22(18)17-7-3-1-4-8-17/h1-10,14,20H,11-13,15-16H2,(H,23,26). The van der Waals surface area contributed by atoms with E-state index >= 15 is 0 Å². The third-order valence-electron chi connectivity index (χ3n) is 4.97. The van der Waals surface area contributed by atoms with E-state index in [9.17, 15) is 13.2 Å². The molecule has 0 radical (unpaired) electrons. The van der Waals surface area contributed by atoms with E-state index in [1.54, 1.807) is 0 Å². The molecule has 0 aliphatic carbocycles. The molecule has 3 aromatic rings. The quantitative estimate of drug-likeness (QED) is 0.609. The summed E-state index contributed by atoms with van der Waals surface area (Å²) in [6.07, 6.45) is 2.57. The molecule has 6 nitrogen and oxygen atoms in total. The first-order valence-corrected chi connectivity index (χ1v) is 12.7. The van der Waals surface area contributed by atoms with Crippen LogP contribution in [-0.2, 0) is 21.2 Å². The van der Waals surface area contributed by atoms with Gasteiger partial charge in [0.25, 0.3) is 0 Å². The normalized spacial score (nSPS) is 17.7. The van der Waals surface area contributed by atoms with Crippen LogP contribution in [0.4, 0.5) is 0 Å². The molecular formula is C22H23N3O3S2. The van der Waals surface area contributed by atoms with E-state index in [0.29, 0.717) is 13.0 Å². The van der Waals surface area contributed by atoms with Crippen LogP contribution in [0.1, 0.15) is 12.0 Å². The number of sulfone groups is 1. The van der Waals surface area contributed by atoms with Gasteiger partial charge in [-0.3, -0.25) is 4.79 Å². The number of nitrogens with zero attached hydrogens (tertiary/aromatic N) is 2. The van der Waals surface area contributed by atoms with Gasteiger partial charge in [-0.15, -0.1) is 11.8 Å². The molecule has 1 N–H and O–H groups in total. The van der Waals surface area contributed by atoms with Gasteiger partial charge in [-0.1, -0.05) is 48.5 Å². The Bertz CT molecular complexity index is 1110. The van der Waals surface area contributed by atoms with Crippen LogP contribution >= 0.6 is 11.8 Å². The van der Waals surface area contributed by atoms with Gasteiger partial charge in [0, 0.05) is 29.1 Å². The molecule has 4 rings (SSSR count). The molecule has 1 aromatic heterocycles. The molecule has 0 saturated carbocycles. The van der Waals surface area contributed by atoms with Gasteiger partial charge in [-0.2, -0.15) is 5.10 Å². The minimum atomic E-state index is -2.92. The number of aromatic nitrogens is 2. The summed E-state index contributed by atoms with van der Waals surface area (Å²) in [6, 6.07) is 19.7. The monoisotopic (exact) mass is 441 g/mol. The topological polar surface area (TPSA) is 81.1 Å². The molecule has 1 aliphatic rings. The van der Waals surface area contributed by atoms with E-state index in [2.05, 4.69) is 5.32 Å². The van der Waals surface area contributed by atoms with Crippen molar-refractivity contribution < 1.29 is 13.2 Å². The molecule has 0 bridgehead atoms. The van der Waals surface area contributed by atoms with Crippen molar-refractivity contribution in [2.75, 3.05) is 17.3 Å². The molecule has 156 valence electrons. The van der Waals surface area contributed by atoms with Crippen molar-refractivity contribution in [3.63, 3.8) is 0 Å². The number of rotatable bonds is 7. The zero-order chi connectivity index (χ0) is 21.0. The molecule has 2 heterocycles. The van der Waals surface area contributed by atoms with Gasteiger partial charge in [0.2, 0.25) is 5.91 Å². The van der Waals surface area contributed by atoms with Gasteiger partial charge in [0.1, 0.15) is 0 Å². The number of para-hydroxylation sites is 1. The van der Waals surface area contributed by atoms with E-state index in [-0.39, 0.29) is 28.4 Å². The van der Waals surface area contributed by atoms with Crippen LogP contribution in [-0.4, -0.2) is 46.6 Å². The molecule has 2 aromatic carbocycles. The van der Waals surface area contributed by atoms with Gasteiger partial charge in [-0.25, -0.2) is 13.1 Å². The fourth-order valence-electron chi connectivity index (χ4n) is 3.42. The summed E-state index contributed by atoms with van der Waals surface area (Å²) in [7, 11) is -2.92. The first-order chi connectivity index (χ1) is 14.5. The molecule has 1 amide bonds. The third-order valence-corrected chi connectivity index (χ3v) is 8.26. The average molecular weight is 442 g/mol. The van der Waals surface area contributed by atoms with Crippen LogP contribution < -0.4 is 5.32 Å². The van der Waals surface area contributed by atoms with Gasteiger partial charge in [-0.05, 0) is 18.6 Å². The summed E-state index contributed by atoms with van der Waals surface area (Å²) in [5, 5.41) is 7.72. The molecule has 1 atom stereocenters. The predicted molar refractivity (Wildman–Crippen MR) is 120 cm³/mol. The lowest BCUT2D eigenvalue weighted by atomic mass is 10.1. The average Bonchev–Trinajstić information content (AvgIpc) is 3.35. The summed E-state index contributed by atoms with van der Waals surface area (Å²) in [4.78, 5) is 12.4. The Hall–Kier alpha value is -2.58. The summed E-state index contributed by atoms with van der Waals surface area (Å²) in [5.41, 5.74) is 3.69. The molecule has 8 heteroatoms. The molecule has 30 heavy (non-hydrogen) atoms. The maximum absolute atomic E-state index is 12.4. The number of thioether (sulfide) groups is 1. The molecule has 1 aliphatic heterocycles. The van der Waals surface area contributed by atoms with Gasteiger partial charge in [0.05, 0.1) is 28.6 Å². The Morgan fingerprint density at radius 3 is 2.47 bits per heavy atom. The van der Waals surface area contributed by atoms with Crippen molar-refractivity contribution in [3.05, 3.63) is 72.4 Å². The van der Waals surface area contributed by atoms with Crippen molar-refractivity contribution in [1.82, 2.24) is 15.1 Å². The van der Waals surface area contributed by atoms with Crippen LogP contribution in [0.5, 0.6) is 0 Å². The summed E-state index contributed by atoms with van der Waals surface area (Å²) >= 11 is 1.42.